The Morgan fingerprint density at radius 2 is 1.59 bits per heavy atom. The van der Waals surface area contributed by atoms with E-state index in [4.69, 9.17) is 14.2 Å². The van der Waals surface area contributed by atoms with E-state index in [0.717, 1.165) is 43.1 Å². The van der Waals surface area contributed by atoms with Crippen LogP contribution in [-0.2, 0) is 0 Å². The van der Waals surface area contributed by atoms with Gasteiger partial charge in [-0.1, -0.05) is 61.7 Å². The van der Waals surface area contributed by atoms with Gasteiger partial charge in [0, 0.05) is 18.7 Å². The third-order valence-electron chi connectivity index (χ3n) is 7.26. The van der Waals surface area contributed by atoms with Gasteiger partial charge >= 0.3 is 0 Å². The number of methoxy groups -OCH3 is 2. The van der Waals surface area contributed by atoms with Gasteiger partial charge in [0.1, 0.15) is 23.9 Å². The fourth-order valence-corrected chi connectivity index (χ4v) is 5.33. The molecule has 4 nitrogen and oxygen atoms in total. The van der Waals surface area contributed by atoms with Gasteiger partial charge in [0.15, 0.2) is 0 Å². The second-order valence-corrected chi connectivity index (χ2v) is 9.57. The Labute approximate surface area is 219 Å². The van der Waals surface area contributed by atoms with Crippen molar-refractivity contribution in [3.05, 3.63) is 90.0 Å². The van der Waals surface area contributed by atoms with Crippen LogP contribution in [0.2, 0.25) is 0 Å². The van der Waals surface area contributed by atoms with Crippen molar-refractivity contribution >= 4 is 17.0 Å². The van der Waals surface area contributed by atoms with E-state index < -0.39 is 0 Å². The van der Waals surface area contributed by atoms with E-state index in [2.05, 4.69) is 77.8 Å². The molecule has 0 saturated heterocycles. The zero-order valence-electron chi connectivity index (χ0n) is 21.8. The zero-order chi connectivity index (χ0) is 25.5. The minimum absolute atomic E-state index is 0.244. The van der Waals surface area contributed by atoms with Crippen molar-refractivity contribution in [2.75, 3.05) is 27.4 Å². The quantitative estimate of drug-likeness (QED) is 0.289. The molecule has 0 amide bonds. The Morgan fingerprint density at radius 1 is 0.784 bits per heavy atom. The zero-order valence-corrected chi connectivity index (χ0v) is 21.8. The predicted molar refractivity (Wildman–Crippen MR) is 153 cm³/mol. The van der Waals surface area contributed by atoms with Crippen LogP contribution in [0, 0.1) is 0 Å². The van der Waals surface area contributed by atoms with Crippen LogP contribution in [0.15, 0.2) is 83.9 Å². The highest BCUT2D eigenvalue weighted by Crippen LogP contribution is 2.42. The maximum absolute atomic E-state index is 5.91. The lowest BCUT2D eigenvalue weighted by Crippen LogP contribution is -2.06. The van der Waals surface area contributed by atoms with Gasteiger partial charge in [-0.2, -0.15) is 0 Å². The molecule has 2 aliphatic heterocycles. The van der Waals surface area contributed by atoms with Crippen molar-refractivity contribution in [3.8, 4) is 28.4 Å². The number of nitrogens with zero attached hydrogens (tertiary/aromatic N) is 1. The molecule has 4 aromatic rings. The molecule has 2 heterocycles. The number of hydrogen-bond donors (Lipinski definition) is 0. The number of rotatable bonds is 4. The highest BCUT2D eigenvalue weighted by molar-refractivity contribution is 5.94. The molecule has 0 aromatic heterocycles. The van der Waals surface area contributed by atoms with E-state index in [1.54, 1.807) is 14.2 Å². The number of hydrogen-bond acceptors (Lipinski definition) is 4. The maximum atomic E-state index is 5.91. The molecule has 0 saturated carbocycles. The van der Waals surface area contributed by atoms with Gasteiger partial charge in [-0.05, 0) is 82.3 Å². The van der Waals surface area contributed by atoms with E-state index in [-0.39, 0.29) is 5.92 Å². The lowest BCUT2D eigenvalue weighted by Gasteiger charge is -2.24. The smallest absolute Gasteiger partial charge is 0.123 e. The molecular formula is C33H35NO3. The summed E-state index contributed by atoms with van der Waals surface area (Å²) in [7, 11) is 3.45. The molecule has 1 atom stereocenters. The summed E-state index contributed by atoms with van der Waals surface area (Å²) in [5.74, 6) is 2.86. The fourth-order valence-electron chi connectivity index (χ4n) is 5.33. The van der Waals surface area contributed by atoms with Crippen LogP contribution in [0.25, 0.3) is 21.9 Å². The van der Waals surface area contributed by atoms with Crippen molar-refractivity contribution in [1.82, 2.24) is 0 Å². The first-order valence-electron chi connectivity index (χ1n) is 13.2. The van der Waals surface area contributed by atoms with Crippen LogP contribution < -0.4 is 14.2 Å². The van der Waals surface area contributed by atoms with E-state index >= 15 is 0 Å². The van der Waals surface area contributed by atoms with Crippen molar-refractivity contribution in [1.29, 1.82) is 0 Å². The Bertz CT molecular complexity index is 1360. The largest absolute Gasteiger partial charge is 0.497 e. The second kappa shape index (κ2) is 12.0. The summed E-state index contributed by atoms with van der Waals surface area (Å²) in [6.07, 6.45) is 7.64. The molecule has 0 fully saturated rings. The minimum Gasteiger partial charge on any atom is -0.497 e. The fraction of sp³-hybridized carbons (Fsp3) is 0.303. The molecule has 37 heavy (non-hydrogen) atoms. The van der Waals surface area contributed by atoms with Gasteiger partial charge < -0.3 is 14.2 Å². The highest BCUT2D eigenvalue weighted by atomic mass is 16.5. The normalized spacial score (nSPS) is 16.5. The third kappa shape index (κ3) is 5.80. The van der Waals surface area contributed by atoms with Crippen molar-refractivity contribution in [3.63, 3.8) is 0 Å². The minimum atomic E-state index is 0.244. The summed E-state index contributed by atoms with van der Waals surface area (Å²) in [5, 5.41) is 2.45. The van der Waals surface area contributed by atoms with Crippen LogP contribution in [0.5, 0.6) is 17.2 Å². The first-order chi connectivity index (χ1) is 18.3. The maximum Gasteiger partial charge on any atom is 0.123 e. The molecule has 0 radical (unpaired) electrons. The Hall–Kier alpha value is -3.79. The first-order valence-corrected chi connectivity index (χ1v) is 13.2. The molecule has 0 aliphatic carbocycles. The third-order valence-corrected chi connectivity index (χ3v) is 7.26. The van der Waals surface area contributed by atoms with Gasteiger partial charge in [0.05, 0.1) is 14.2 Å². The monoisotopic (exact) mass is 493 g/mol. The van der Waals surface area contributed by atoms with Crippen molar-refractivity contribution in [2.45, 2.75) is 38.0 Å². The van der Waals surface area contributed by atoms with E-state index in [9.17, 15) is 0 Å². The lowest BCUT2D eigenvalue weighted by atomic mass is 9.80. The van der Waals surface area contributed by atoms with E-state index in [1.165, 1.54) is 45.9 Å². The van der Waals surface area contributed by atoms with Gasteiger partial charge in [0.25, 0.3) is 0 Å². The molecule has 4 aromatic carbocycles. The molecular weight excluding hydrogens is 458 g/mol. The van der Waals surface area contributed by atoms with Crippen LogP contribution in [0.3, 0.4) is 0 Å². The molecule has 2 aliphatic rings. The first kappa shape index (κ1) is 24.9. The Balaban J connectivity index is 1.67. The number of aliphatic imine (C=N–C) groups is 1. The summed E-state index contributed by atoms with van der Waals surface area (Å²) < 4.78 is 17.1. The molecule has 1 unspecified atom stereocenters. The molecule has 6 rings (SSSR count). The van der Waals surface area contributed by atoms with Crippen LogP contribution in [0.4, 0.5) is 0 Å². The molecule has 0 N–H and O–H groups in total. The van der Waals surface area contributed by atoms with E-state index in [1.807, 2.05) is 12.3 Å². The average Bonchev–Trinajstić information content (AvgIpc) is 2.97. The predicted octanol–water partition coefficient (Wildman–Crippen LogP) is 8.07. The summed E-state index contributed by atoms with van der Waals surface area (Å²) in [6, 6.07) is 27.9. The molecule has 2 bridgehead atoms. The molecule has 190 valence electrons. The Kier molecular flexibility index (Phi) is 8.05. The summed E-state index contributed by atoms with van der Waals surface area (Å²) in [4.78, 5) is 4.50. The highest BCUT2D eigenvalue weighted by Gasteiger charge is 2.22. The van der Waals surface area contributed by atoms with Crippen LogP contribution >= 0.6 is 0 Å². The number of fused-ring (bicyclic) bond motifs is 12. The number of ether oxygens (including phenoxy) is 3. The second-order valence-electron chi connectivity index (χ2n) is 9.57. The summed E-state index contributed by atoms with van der Waals surface area (Å²) >= 11 is 0. The standard InChI is InChI=1S/C33H35NO3/c1-35-28-9-7-8-25(22-28)31-17-13-26-23-29(36-2)16-18-32(26)33(31)30-10-5-3-4-6-19-34-20-21-37-27-14-11-24(30)12-15-27/h7-9,11-18,20,22-23,30H,3-6,10,19,21H2,1-2H3. The molecule has 4 heteroatoms. The van der Waals surface area contributed by atoms with Crippen molar-refractivity contribution < 1.29 is 14.2 Å². The summed E-state index contributed by atoms with van der Waals surface area (Å²) in [6.45, 7) is 1.38. The molecule has 0 spiro atoms. The van der Waals surface area contributed by atoms with Gasteiger partial charge in [0.2, 0.25) is 0 Å². The lowest BCUT2D eigenvalue weighted by molar-refractivity contribution is 0.380. The van der Waals surface area contributed by atoms with Gasteiger partial charge in [-0.25, -0.2) is 0 Å². The van der Waals surface area contributed by atoms with Crippen LogP contribution in [0.1, 0.15) is 49.1 Å². The topological polar surface area (TPSA) is 40.0 Å². The summed E-state index contributed by atoms with van der Waals surface area (Å²) in [5.41, 5.74) is 5.08. The van der Waals surface area contributed by atoms with E-state index in [0.29, 0.717) is 6.61 Å². The van der Waals surface area contributed by atoms with Crippen LogP contribution in [-0.4, -0.2) is 33.6 Å². The van der Waals surface area contributed by atoms with Crippen molar-refractivity contribution in [2.24, 2.45) is 4.99 Å². The Morgan fingerprint density at radius 3 is 2.43 bits per heavy atom. The number of benzene rings is 4. The SMILES string of the molecule is COc1cccc(-c2ccc3cc(OC)ccc3c2C2CCCCCCN=CCOc3ccc2cc3)c1. The average molecular weight is 494 g/mol. The van der Waals surface area contributed by atoms with Gasteiger partial charge in [-0.15, -0.1) is 0 Å². The van der Waals surface area contributed by atoms with Gasteiger partial charge in [-0.3, -0.25) is 4.99 Å².